The average molecular weight is 424 g/mol. The Balaban J connectivity index is 1.78. The Bertz CT molecular complexity index is 1030. The number of aliphatic hydroxyl groups excluding tert-OH is 2. The van der Waals surface area contributed by atoms with Crippen molar-refractivity contribution in [3.63, 3.8) is 0 Å². The van der Waals surface area contributed by atoms with Crippen LogP contribution >= 0.6 is 0 Å². The van der Waals surface area contributed by atoms with E-state index in [2.05, 4.69) is 25.6 Å². The number of nitrogens with zero attached hydrogens (tertiary/aromatic N) is 2. The maximum absolute atomic E-state index is 12.8. The zero-order valence-corrected chi connectivity index (χ0v) is 18.0. The molecule has 164 valence electrons. The van der Waals surface area contributed by atoms with Crippen LogP contribution in [0.2, 0.25) is 0 Å². The number of anilines is 1. The van der Waals surface area contributed by atoms with Gasteiger partial charge in [0.25, 0.3) is 5.91 Å². The Morgan fingerprint density at radius 2 is 2.00 bits per heavy atom. The number of aromatic nitrogens is 3. The van der Waals surface area contributed by atoms with Gasteiger partial charge in [-0.2, -0.15) is 0 Å². The summed E-state index contributed by atoms with van der Waals surface area (Å²) in [5.41, 5.74) is 4.58. The average Bonchev–Trinajstić information content (AvgIpc) is 3.27. The van der Waals surface area contributed by atoms with Gasteiger partial charge in [0, 0.05) is 18.0 Å². The number of aryl methyl sites for hydroxylation is 2. The molecule has 1 amide bonds. The SMILES string of the molecule is CC[C@@H](CO)Nc1ncc(C)c(-c2c[nH]c(C(=O)N[C@H](CO)c3cccc(C)c3)c2)n1. The van der Waals surface area contributed by atoms with E-state index in [-0.39, 0.29) is 25.2 Å². The summed E-state index contributed by atoms with van der Waals surface area (Å²) in [6.45, 7) is 5.62. The summed E-state index contributed by atoms with van der Waals surface area (Å²) >= 11 is 0. The zero-order chi connectivity index (χ0) is 22.4. The number of carbonyl (C=O) groups is 1. The Kier molecular flexibility index (Phi) is 7.38. The van der Waals surface area contributed by atoms with Gasteiger partial charge in [-0.1, -0.05) is 36.8 Å². The maximum Gasteiger partial charge on any atom is 0.268 e. The van der Waals surface area contributed by atoms with Gasteiger partial charge in [0.1, 0.15) is 5.69 Å². The third-order valence-electron chi connectivity index (χ3n) is 5.15. The molecule has 0 radical (unpaired) electrons. The molecule has 0 unspecified atom stereocenters. The van der Waals surface area contributed by atoms with Crippen molar-refractivity contribution in [2.24, 2.45) is 0 Å². The molecule has 0 aliphatic heterocycles. The van der Waals surface area contributed by atoms with E-state index in [0.29, 0.717) is 17.3 Å². The first-order valence-corrected chi connectivity index (χ1v) is 10.3. The number of carbonyl (C=O) groups excluding carboxylic acids is 1. The third-order valence-corrected chi connectivity index (χ3v) is 5.15. The lowest BCUT2D eigenvalue weighted by molar-refractivity contribution is 0.0911. The summed E-state index contributed by atoms with van der Waals surface area (Å²) in [7, 11) is 0. The number of aliphatic hydroxyl groups is 2. The third kappa shape index (κ3) is 5.48. The number of benzene rings is 1. The molecule has 0 bridgehead atoms. The van der Waals surface area contributed by atoms with Gasteiger partial charge in [0.2, 0.25) is 5.95 Å². The van der Waals surface area contributed by atoms with Crippen molar-refractivity contribution in [1.29, 1.82) is 0 Å². The van der Waals surface area contributed by atoms with E-state index < -0.39 is 6.04 Å². The van der Waals surface area contributed by atoms with Gasteiger partial charge < -0.3 is 25.8 Å². The van der Waals surface area contributed by atoms with Crippen molar-refractivity contribution in [2.45, 2.75) is 39.3 Å². The largest absolute Gasteiger partial charge is 0.394 e. The zero-order valence-electron chi connectivity index (χ0n) is 18.0. The molecular weight excluding hydrogens is 394 g/mol. The van der Waals surface area contributed by atoms with E-state index in [1.165, 1.54) is 0 Å². The molecule has 0 aliphatic carbocycles. The van der Waals surface area contributed by atoms with Crippen LogP contribution in [0, 0.1) is 13.8 Å². The van der Waals surface area contributed by atoms with Crippen LogP contribution in [-0.2, 0) is 0 Å². The second kappa shape index (κ2) is 10.2. The van der Waals surface area contributed by atoms with Crippen LogP contribution < -0.4 is 10.6 Å². The summed E-state index contributed by atoms with van der Waals surface area (Å²) < 4.78 is 0. The van der Waals surface area contributed by atoms with Gasteiger partial charge in [-0.15, -0.1) is 0 Å². The van der Waals surface area contributed by atoms with Gasteiger partial charge in [-0.3, -0.25) is 4.79 Å². The van der Waals surface area contributed by atoms with Crippen LogP contribution in [0.5, 0.6) is 0 Å². The van der Waals surface area contributed by atoms with E-state index in [0.717, 1.165) is 28.7 Å². The number of H-pyrrole nitrogens is 1. The Hall–Kier alpha value is -3.23. The first-order chi connectivity index (χ1) is 14.9. The fourth-order valence-electron chi connectivity index (χ4n) is 3.28. The smallest absolute Gasteiger partial charge is 0.268 e. The van der Waals surface area contributed by atoms with Crippen LogP contribution in [-0.4, -0.2) is 50.3 Å². The van der Waals surface area contributed by atoms with E-state index in [9.17, 15) is 15.0 Å². The van der Waals surface area contributed by atoms with Crippen LogP contribution in [0.25, 0.3) is 11.3 Å². The molecule has 1 aromatic carbocycles. The number of aromatic amines is 1. The molecule has 3 aromatic rings. The molecule has 2 atom stereocenters. The lowest BCUT2D eigenvalue weighted by atomic mass is 10.0. The lowest BCUT2D eigenvalue weighted by Crippen LogP contribution is -2.31. The monoisotopic (exact) mass is 423 g/mol. The van der Waals surface area contributed by atoms with Crippen molar-refractivity contribution in [3.8, 4) is 11.3 Å². The fraction of sp³-hybridized carbons (Fsp3) is 0.348. The fourth-order valence-corrected chi connectivity index (χ4v) is 3.28. The normalized spacial score (nSPS) is 12.9. The van der Waals surface area contributed by atoms with E-state index in [4.69, 9.17) is 0 Å². The number of hydrogen-bond acceptors (Lipinski definition) is 6. The molecule has 0 spiro atoms. The molecule has 0 aliphatic rings. The predicted molar refractivity (Wildman–Crippen MR) is 120 cm³/mol. The highest BCUT2D eigenvalue weighted by Gasteiger charge is 2.18. The minimum absolute atomic E-state index is 0.00942. The summed E-state index contributed by atoms with van der Waals surface area (Å²) in [6, 6.07) is 8.78. The Labute approximate surface area is 181 Å². The molecule has 31 heavy (non-hydrogen) atoms. The summed E-state index contributed by atoms with van der Waals surface area (Å²) in [5.74, 6) is 0.108. The van der Waals surface area contributed by atoms with Crippen molar-refractivity contribution < 1.29 is 15.0 Å². The Morgan fingerprint density at radius 3 is 2.68 bits per heavy atom. The highest BCUT2D eigenvalue weighted by atomic mass is 16.3. The first kappa shape index (κ1) is 22.5. The molecule has 8 nitrogen and oxygen atoms in total. The molecule has 2 heterocycles. The Morgan fingerprint density at radius 1 is 1.19 bits per heavy atom. The van der Waals surface area contributed by atoms with Gasteiger partial charge in [0.15, 0.2) is 0 Å². The molecule has 3 rings (SSSR count). The molecule has 0 fully saturated rings. The summed E-state index contributed by atoms with van der Waals surface area (Å²) in [4.78, 5) is 24.6. The number of rotatable bonds is 9. The van der Waals surface area contributed by atoms with Gasteiger partial charge >= 0.3 is 0 Å². The topological polar surface area (TPSA) is 123 Å². The van der Waals surface area contributed by atoms with Crippen LogP contribution in [0.4, 0.5) is 5.95 Å². The minimum Gasteiger partial charge on any atom is -0.394 e. The minimum atomic E-state index is -0.500. The molecule has 0 saturated carbocycles. The molecular formula is C23H29N5O3. The molecule has 0 saturated heterocycles. The highest BCUT2D eigenvalue weighted by molar-refractivity contribution is 5.94. The predicted octanol–water partition coefficient (Wildman–Crippen LogP) is 2.73. The van der Waals surface area contributed by atoms with E-state index in [1.54, 1.807) is 18.5 Å². The van der Waals surface area contributed by atoms with Crippen LogP contribution in [0.3, 0.4) is 0 Å². The number of amides is 1. The number of hydrogen-bond donors (Lipinski definition) is 5. The first-order valence-electron chi connectivity index (χ1n) is 10.3. The lowest BCUT2D eigenvalue weighted by Gasteiger charge is -2.16. The number of nitrogens with one attached hydrogen (secondary N) is 3. The van der Waals surface area contributed by atoms with Crippen LogP contribution in [0.1, 0.15) is 46.6 Å². The van der Waals surface area contributed by atoms with Crippen molar-refractivity contribution in [2.75, 3.05) is 18.5 Å². The van der Waals surface area contributed by atoms with E-state index >= 15 is 0 Å². The van der Waals surface area contributed by atoms with Gasteiger partial charge in [-0.05, 0) is 37.5 Å². The quantitative estimate of drug-likeness (QED) is 0.361. The van der Waals surface area contributed by atoms with Crippen molar-refractivity contribution >= 4 is 11.9 Å². The van der Waals surface area contributed by atoms with Crippen molar-refractivity contribution in [1.82, 2.24) is 20.3 Å². The molecule has 2 aromatic heterocycles. The molecule has 8 heteroatoms. The standard InChI is InChI=1S/C23H29N5O3/c1-4-18(12-29)26-23-25-10-15(3)21(28-23)17-9-19(24-11-17)22(31)27-20(13-30)16-7-5-6-14(2)8-16/h5-11,18,20,24,29-30H,4,12-13H2,1-3H3,(H,27,31)(H,25,26,28)/t18-,20+/m0/s1. The van der Waals surface area contributed by atoms with E-state index in [1.807, 2.05) is 45.0 Å². The van der Waals surface area contributed by atoms with Crippen molar-refractivity contribution in [3.05, 3.63) is 65.1 Å². The maximum atomic E-state index is 12.8. The van der Waals surface area contributed by atoms with Crippen LogP contribution in [0.15, 0.2) is 42.7 Å². The second-order valence-electron chi connectivity index (χ2n) is 7.58. The van der Waals surface area contributed by atoms with Gasteiger partial charge in [0.05, 0.1) is 31.0 Å². The molecule has 5 N–H and O–H groups in total. The summed E-state index contributed by atoms with van der Waals surface area (Å²) in [5, 5.41) is 25.1. The summed E-state index contributed by atoms with van der Waals surface area (Å²) in [6.07, 6.45) is 4.17. The second-order valence-corrected chi connectivity index (χ2v) is 7.58. The highest BCUT2D eigenvalue weighted by Crippen LogP contribution is 2.23. The van der Waals surface area contributed by atoms with Gasteiger partial charge in [-0.25, -0.2) is 9.97 Å².